The normalized spacial score (nSPS) is 34.7. The van der Waals surface area contributed by atoms with Crippen molar-refractivity contribution in [2.45, 2.75) is 166 Å². The molecular formula is C52H78FN5O14. The molecule has 20 heteroatoms. The molecule has 4 fully saturated rings. The van der Waals surface area contributed by atoms with Gasteiger partial charge in [0.2, 0.25) is 11.3 Å². The summed E-state index contributed by atoms with van der Waals surface area (Å²) in [5.41, 5.74) is -3.85. The third kappa shape index (κ3) is 12.5. The number of piperazine rings is 1. The number of aliphatic hydroxyl groups is 3. The van der Waals surface area contributed by atoms with Crippen LogP contribution < -0.4 is 15.6 Å². The highest BCUT2D eigenvalue weighted by Gasteiger charge is 2.52. The second-order valence-corrected chi connectivity index (χ2v) is 21.3. The molecule has 4 heterocycles. The first-order valence-corrected chi connectivity index (χ1v) is 25.4. The van der Waals surface area contributed by atoms with Gasteiger partial charge in [-0.05, 0) is 93.0 Å². The van der Waals surface area contributed by atoms with Crippen molar-refractivity contribution in [2.75, 3.05) is 58.3 Å². The standard InChI is InChI=1S/C52H78FN5O14/c1-12-22-68-51(8)26-28(3)54-47(63)32(7)45(62)52(9,67)40(13-2)70-49(66)31(6)44(30(5)46(51)72-50-43(61)39(55(10)11)23-29(4)69-50)71-41(59)16-17-56-18-20-57(21-19-56)38-25-37-34(24-36(38)53)42(60)35(48(64)65)27-58(37)33-14-15-33/h12,24-25,27-33,39-40,43-46,50,61-62,67H,1,13-23,26H2,2-11H3,(H,54,63)(H,64,65)/t28-,29-,30+,31-,32-,39+,40-,43-,44+,45-,46-,50+,51-,52-/m1/s1. The number of carboxylic acid groups (broad SMARTS) is 1. The monoisotopic (exact) mass is 1020 g/mol. The maximum atomic E-state index is 15.8. The Labute approximate surface area is 421 Å². The molecule has 1 amide bonds. The number of likely N-dealkylation sites (N-methyl/N-ethyl adjacent to an activating group) is 1. The van der Waals surface area contributed by atoms with Crippen LogP contribution in [0.3, 0.4) is 0 Å². The Morgan fingerprint density at radius 3 is 2.29 bits per heavy atom. The lowest BCUT2D eigenvalue weighted by molar-refractivity contribution is -0.302. The summed E-state index contributed by atoms with van der Waals surface area (Å²) in [7, 11) is 3.69. The predicted octanol–water partition coefficient (Wildman–Crippen LogP) is 3.62. The second-order valence-electron chi connectivity index (χ2n) is 21.3. The quantitative estimate of drug-likeness (QED) is 0.134. The number of nitrogens with zero attached hydrogens (tertiary/aromatic N) is 4. The van der Waals surface area contributed by atoms with Crippen molar-refractivity contribution in [1.82, 2.24) is 19.7 Å². The molecule has 14 atom stereocenters. The molecule has 4 aliphatic rings. The van der Waals surface area contributed by atoms with Crippen LogP contribution >= 0.6 is 0 Å². The molecular weight excluding hydrogens is 938 g/mol. The molecule has 1 aliphatic carbocycles. The molecule has 402 valence electrons. The molecule has 2 aromatic rings. The Hall–Kier alpha value is -4.54. The van der Waals surface area contributed by atoms with Crippen LogP contribution in [0.2, 0.25) is 0 Å². The number of pyridine rings is 1. The molecule has 1 saturated carbocycles. The minimum atomic E-state index is -2.08. The Morgan fingerprint density at radius 1 is 1.03 bits per heavy atom. The van der Waals surface area contributed by atoms with Gasteiger partial charge in [0.25, 0.3) is 0 Å². The molecule has 0 spiro atoms. The fraction of sp³-hybridized carbons (Fsp3) is 0.712. The number of amides is 1. The minimum Gasteiger partial charge on any atom is -0.477 e. The van der Waals surface area contributed by atoms with Crippen LogP contribution in [0.5, 0.6) is 0 Å². The van der Waals surface area contributed by atoms with Gasteiger partial charge in [-0.2, -0.15) is 0 Å². The minimum absolute atomic E-state index is 0.00726. The zero-order valence-corrected chi connectivity index (χ0v) is 43.5. The summed E-state index contributed by atoms with van der Waals surface area (Å²) in [4.78, 5) is 73.2. The van der Waals surface area contributed by atoms with Gasteiger partial charge >= 0.3 is 17.9 Å². The first kappa shape index (κ1) is 56.8. The molecule has 6 rings (SSSR count). The number of halogens is 1. The molecule has 19 nitrogen and oxygen atoms in total. The summed E-state index contributed by atoms with van der Waals surface area (Å²) in [6.07, 6.45) is -2.99. The Balaban J connectivity index is 1.28. The van der Waals surface area contributed by atoms with Crippen molar-refractivity contribution >= 4 is 40.4 Å². The second kappa shape index (κ2) is 23.3. The van der Waals surface area contributed by atoms with Crippen LogP contribution in [0.4, 0.5) is 10.1 Å². The van der Waals surface area contributed by atoms with Gasteiger partial charge in [0, 0.05) is 68.4 Å². The average Bonchev–Trinajstić information content (AvgIpc) is 4.18. The number of cyclic esters (lactones) is 1. The third-order valence-corrected chi connectivity index (χ3v) is 15.3. The van der Waals surface area contributed by atoms with E-state index in [1.807, 2.05) is 35.7 Å². The van der Waals surface area contributed by atoms with Gasteiger partial charge in [0.15, 0.2) is 6.29 Å². The van der Waals surface area contributed by atoms with E-state index >= 15 is 4.39 Å². The smallest absolute Gasteiger partial charge is 0.341 e. The topological polar surface area (TPSA) is 239 Å². The van der Waals surface area contributed by atoms with Crippen molar-refractivity contribution in [3.63, 3.8) is 0 Å². The van der Waals surface area contributed by atoms with Crippen LogP contribution in [0.25, 0.3) is 10.9 Å². The molecule has 0 unspecified atom stereocenters. The molecule has 1 aromatic carbocycles. The number of carbonyl (C=O) groups is 4. The van der Waals surface area contributed by atoms with E-state index in [2.05, 4.69) is 11.9 Å². The van der Waals surface area contributed by atoms with E-state index in [4.69, 9.17) is 23.7 Å². The Bertz CT molecular complexity index is 2340. The number of carbonyl (C=O) groups excluding carboxylic acids is 3. The van der Waals surface area contributed by atoms with E-state index in [1.54, 1.807) is 51.3 Å². The lowest BCUT2D eigenvalue weighted by Crippen LogP contribution is -2.60. The van der Waals surface area contributed by atoms with Crippen LogP contribution in [-0.4, -0.2) is 178 Å². The van der Waals surface area contributed by atoms with E-state index in [1.165, 1.54) is 20.0 Å². The number of aliphatic hydroxyl groups excluding tert-OH is 2. The summed E-state index contributed by atoms with van der Waals surface area (Å²) < 4.78 is 49.6. The Morgan fingerprint density at radius 2 is 1.69 bits per heavy atom. The fourth-order valence-corrected chi connectivity index (χ4v) is 10.9. The number of esters is 2. The van der Waals surface area contributed by atoms with Crippen molar-refractivity contribution in [3.05, 3.63) is 52.6 Å². The summed E-state index contributed by atoms with van der Waals surface area (Å²) >= 11 is 0. The number of ether oxygens (including phenoxy) is 5. The summed E-state index contributed by atoms with van der Waals surface area (Å²) in [6.45, 7) is 18.8. The van der Waals surface area contributed by atoms with Gasteiger partial charge in [-0.25, -0.2) is 9.18 Å². The maximum absolute atomic E-state index is 15.8. The summed E-state index contributed by atoms with van der Waals surface area (Å²) in [6, 6.07) is 1.74. The van der Waals surface area contributed by atoms with Crippen molar-refractivity contribution in [3.8, 4) is 0 Å². The van der Waals surface area contributed by atoms with E-state index in [-0.39, 0.29) is 61.7 Å². The maximum Gasteiger partial charge on any atom is 0.341 e. The highest BCUT2D eigenvalue weighted by Crippen LogP contribution is 2.40. The molecule has 1 aromatic heterocycles. The van der Waals surface area contributed by atoms with Gasteiger partial charge < -0.3 is 63.8 Å². The molecule has 3 saturated heterocycles. The Kier molecular flexibility index (Phi) is 18.4. The van der Waals surface area contributed by atoms with Crippen molar-refractivity contribution in [2.24, 2.45) is 17.8 Å². The van der Waals surface area contributed by atoms with E-state index in [9.17, 15) is 44.4 Å². The van der Waals surface area contributed by atoms with Gasteiger partial charge in [-0.15, -0.1) is 6.58 Å². The lowest BCUT2D eigenvalue weighted by atomic mass is 9.78. The zero-order chi connectivity index (χ0) is 53.1. The number of fused-ring (bicyclic) bond motifs is 1. The van der Waals surface area contributed by atoms with Gasteiger partial charge in [-0.1, -0.05) is 26.8 Å². The first-order valence-electron chi connectivity index (χ1n) is 25.4. The van der Waals surface area contributed by atoms with Crippen LogP contribution in [0.15, 0.2) is 35.8 Å². The summed E-state index contributed by atoms with van der Waals surface area (Å²) in [5.74, 6) is -7.37. The van der Waals surface area contributed by atoms with Crippen molar-refractivity contribution in [1.29, 1.82) is 0 Å². The number of hydrogen-bond donors (Lipinski definition) is 5. The zero-order valence-electron chi connectivity index (χ0n) is 43.5. The third-order valence-electron chi connectivity index (χ3n) is 15.3. The summed E-state index contributed by atoms with van der Waals surface area (Å²) in [5, 5.41) is 47.6. The highest BCUT2D eigenvalue weighted by atomic mass is 19.1. The molecule has 0 radical (unpaired) electrons. The molecule has 3 aliphatic heterocycles. The first-order chi connectivity index (χ1) is 33.8. The van der Waals surface area contributed by atoms with Gasteiger partial charge in [0.05, 0.1) is 60.0 Å². The van der Waals surface area contributed by atoms with Crippen LogP contribution in [0.1, 0.15) is 110 Å². The average molecular weight is 1020 g/mol. The van der Waals surface area contributed by atoms with Crippen LogP contribution in [-0.2, 0) is 38.1 Å². The highest BCUT2D eigenvalue weighted by molar-refractivity contribution is 5.93. The number of hydrogen-bond acceptors (Lipinski definition) is 16. The number of aromatic carboxylic acids is 1. The largest absolute Gasteiger partial charge is 0.477 e. The number of rotatable bonds is 14. The van der Waals surface area contributed by atoms with E-state index < -0.39 is 112 Å². The number of aromatic nitrogens is 1. The van der Waals surface area contributed by atoms with Gasteiger partial charge in [-0.3, -0.25) is 24.1 Å². The van der Waals surface area contributed by atoms with Crippen molar-refractivity contribution < 1.29 is 67.7 Å². The SMILES string of the molecule is C=CCO[C@]1(C)C[C@@H](C)NC(=O)[C@H](C)[C@@H](O)[C@](C)(O)[C@@H](CC)OC(=O)[C@H](C)[C@@H](OC(=O)CCN2CCN(c3cc4c(cc3F)c(=O)c(C(=O)O)cn4C3CC3)CC2)[C@H](C)[C@H]1O[C@@H]1O[C@H](C)C[C@H](N(C)C)[C@H]1O. The molecule has 72 heavy (non-hydrogen) atoms. The van der Waals surface area contributed by atoms with Crippen LogP contribution in [0, 0.1) is 23.6 Å². The predicted molar refractivity (Wildman–Crippen MR) is 265 cm³/mol. The van der Waals surface area contributed by atoms with E-state index in [0.29, 0.717) is 38.1 Å². The molecule has 0 bridgehead atoms. The number of carboxylic acids is 1. The van der Waals surface area contributed by atoms with E-state index in [0.717, 1.165) is 18.9 Å². The number of benzene rings is 1. The molecule has 5 N–H and O–H groups in total. The lowest BCUT2D eigenvalue weighted by Gasteiger charge is -2.48. The number of anilines is 1. The fourth-order valence-electron chi connectivity index (χ4n) is 10.9. The van der Waals surface area contributed by atoms with Gasteiger partial charge in [0.1, 0.15) is 35.3 Å². The number of nitrogens with one attached hydrogen (secondary N) is 1.